The van der Waals surface area contributed by atoms with Crippen molar-refractivity contribution in [2.75, 3.05) is 39.8 Å². The van der Waals surface area contributed by atoms with Gasteiger partial charge >= 0.3 is 0 Å². The van der Waals surface area contributed by atoms with E-state index >= 15 is 0 Å². The third-order valence-electron chi connectivity index (χ3n) is 6.25. The first kappa shape index (κ1) is 20.6. The van der Waals surface area contributed by atoms with Crippen molar-refractivity contribution >= 4 is 17.5 Å². The smallest absolute Gasteiger partial charge is 0.223 e. The lowest BCUT2D eigenvalue weighted by Crippen LogP contribution is -2.49. The Hall–Kier alpha value is -1.10. The SMILES string of the molecule is CC(C)[C@@H]1C[C@@](CC(=O)N2CCN(C)CC2)(Cc2ccccc2Cl)CCO1. The number of carbonyl (C=O) groups is 1. The maximum Gasteiger partial charge on any atom is 0.223 e. The molecule has 0 N–H and O–H groups in total. The largest absolute Gasteiger partial charge is 0.378 e. The zero-order valence-electron chi connectivity index (χ0n) is 16.9. The highest BCUT2D eigenvalue weighted by molar-refractivity contribution is 6.31. The summed E-state index contributed by atoms with van der Waals surface area (Å²) in [6.45, 7) is 8.73. The standard InChI is InChI=1S/C22H33ClN2O2/c1-17(2)20-15-22(8-13-27-20,14-18-6-4-5-7-19(18)23)16-21(26)25-11-9-24(3)10-12-25/h4-7,17,20H,8-16H2,1-3H3/t20-,22-/m0/s1. The molecule has 4 nitrogen and oxygen atoms in total. The highest BCUT2D eigenvalue weighted by Crippen LogP contribution is 2.43. The second-order valence-corrected chi connectivity index (χ2v) is 9.14. The van der Waals surface area contributed by atoms with Crippen LogP contribution in [-0.4, -0.2) is 61.6 Å². The van der Waals surface area contributed by atoms with Gasteiger partial charge in [0.25, 0.3) is 0 Å². The number of rotatable bonds is 5. The van der Waals surface area contributed by atoms with Crippen LogP contribution in [0.1, 0.15) is 38.7 Å². The van der Waals surface area contributed by atoms with E-state index in [1.165, 1.54) is 0 Å². The normalized spacial score (nSPS) is 27.1. The fourth-order valence-corrected chi connectivity index (χ4v) is 4.56. The van der Waals surface area contributed by atoms with Crippen molar-refractivity contribution in [1.29, 1.82) is 0 Å². The van der Waals surface area contributed by atoms with Crippen molar-refractivity contribution in [3.8, 4) is 0 Å². The highest BCUT2D eigenvalue weighted by atomic mass is 35.5. The minimum Gasteiger partial charge on any atom is -0.378 e. The molecule has 1 aromatic carbocycles. The van der Waals surface area contributed by atoms with Gasteiger partial charge in [-0.1, -0.05) is 43.6 Å². The molecule has 5 heteroatoms. The molecule has 2 fully saturated rings. The van der Waals surface area contributed by atoms with Gasteiger partial charge in [0.15, 0.2) is 0 Å². The number of carbonyl (C=O) groups excluding carboxylic acids is 1. The first-order valence-electron chi connectivity index (χ1n) is 10.2. The molecule has 0 aliphatic carbocycles. The van der Waals surface area contributed by atoms with Gasteiger partial charge in [-0.3, -0.25) is 4.79 Å². The minimum atomic E-state index is -0.0708. The van der Waals surface area contributed by atoms with Crippen LogP contribution >= 0.6 is 11.6 Å². The van der Waals surface area contributed by atoms with Crippen molar-refractivity contribution in [3.05, 3.63) is 34.9 Å². The van der Waals surface area contributed by atoms with Crippen molar-refractivity contribution in [3.63, 3.8) is 0 Å². The summed E-state index contributed by atoms with van der Waals surface area (Å²) < 4.78 is 6.04. The molecule has 1 amide bonds. The molecule has 27 heavy (non-hydrogen) atoms. The molecule has 0 unspecified atom stereocenters. The molecule has 2 atom stereocenters. The van der Waals surface area contributed by atoms with Crippen LogP contribution in [0, 0.1) is 11.3 Å². The topological polar surface area (TPSA) is 32.8 Å². The maximum atomic E-state index is 13.2. The second kappa shape index (κ2) is 8.93. The zero-order chi connectivity index (χ0) is 19.4. The van der Waals surface area contributed by atoms with Gasteiger partial charge in [-0.2, -0.15) is 0 Å². The molecule has 1 aromatic rings. The Labute approximate surface area is 168 Å². The third-order valence-corrected chi connectivity index (χ3v) is 6.62. The Balaban J connectivity index is 1.79. The van der Waals surface area contributed by atoms with Gasteiger partial charge < -0.3 is 14.5 Å². The Kier molecular flexibility index (Phi) is 6.83. The molecule has 2 aliphatic rings. The first-order valence-corrected chi connectivity index (χ1v) is 10.6. The van der Waals surface area contributed by atoms with E-state index in [-0.39, 0.29) is 11.5 Å². The lowest BCUT2D eigenvalue weighted by molar-refractivity contribution is -0.139. The number of piperazine rings is 1. The Morgan fingerprint density at radius 1 is 1.26 bits per heavy atom. The van der Waals surface area contributed by atoms with E-state index in [1.54, 1.807) is 0 Å². The van der Waals surface area contributed by atoms with Crippen molar-refractivity contribution in [1.82, 2.24) is 9.80 Å². The van der Waals surface area contributed by atoms with Gasteiger partial charge in [-0.15, -0.1) is 0 Å². The number of hydrogen-bond acceptors (Lipinski definition) is 3. The zero-order valence-corrected chi connectivity index (χ0v) is 17.7. The third kappa shape index (κ3) is 5.24. The molecule has 2 heterocycles. The predicted octanol–water partition coefficient (Wildman–Crippen LogP) is 3.87. The quantitative estimate of drug-likeness (QED) is 0.762. The van der Waals surface area contributed by atoms with E-state index in [9.17, 15) is 4.79 Å². The minimum absolute atomic E-state index is 0.0708. The summed E-state index contributed by atoms with van der Waals surface area (Å²) in [5.74, 6) is 0.745. The molecule has 150 valence electrons. The van der Waals surface area contributed by atoms with Crippen LogP contribution in [0.25, 0.3) is 0 Å². The number of hydrogen-bond donors (Lipinski definition) is 0. The monoisotopic (exact) mass is 392 g/mol. The Morgan fingerprint density at radius 3 is 2.63 bits per heavy atom. The van der Waals surface area contributed by atoms with Crippen LogP contribution in [0.2, 0.25) is 5.02 Å². The van der Waals surface area contributed by atoms with Crippen LogP contribution in [0.4, 0.5) is 0 Å². The molecular weight excluding hydrogens is 360 g/mol. The van der Waals surface area contributed by atoms with Crippen LogP contribution in [0.15, 0.2) is 24.3 Å². The number of likely N-dealkylation sites (N-methyl/N-ethyl adjacent to an activating group) is 1. The number of ether oxygens (including phenoxy) is 1. The van der Waals surface area contributed by atoms with Gasteiger partial charge in [0.1, 0.15) is 0 Å². The second-order valence-electron chi connectivity index (χ2n) is 8.74. The molecule has 0 aromatic heterocycles. The average Bonchev–Trinajstić information content (AvgIpc) is 2.64. The van der Waals surface area contributed by atoms with Crippen LogP contribution in [0.3, 0.4) is 0 Å². The van der Waals surface area contributed by atoms with E-state index in [4.69, 9.17) is 16.3 Å². The van der Waals surface area contributed by atoms with E-state index in [0.29, 0.717) is 18.2 Å². The van der Waals surface area contributed by atoms with Gasteiger partial charge in [-0.05, 0) is 49.3 Å². The summed E-state index contributed by atoms with van der Waals surface area (Å²) in [7, 11) is 2.12. The van der Waals surface area contributed by atoms with E-state index in [0.717, 1.165) is 62.6 Å². The molecule has 2 saturated heterocycles. The number of benzene rings is 1. The number of amides is 1. The van der Waals surface area contributed by atoms with Gasteiger partial charge in [0.2, 0.25) is 5.91 Å². The average molecular weight is 393 g/mol. The molecule has 2 aliphatic heterocycles. The maximum absolute atomic E-state index is 13.2. The summed E-state index contributed by atoms with van der Waals surface area (Å²) in [5, 5.41) is 0.802. The van der Waals surface area contributed by atoms with Gasteiger partial charge in [0.05, 0.1) is 6.10 Å². The van der Waals surface area contributed by atoms with Crippen LogP contribution < -0.4 is 0 Å². The lowest BCUT2D eigenvalue weighted by atomic mass is 9.69. The van der Waals surface area contributed by atoms with Gasteiger partial charge in [0, 0.05) is 44.2 Å². The first-order chi connectivity index (χ1) is 12.9. The van der Waals surface area contributed by atoms with Gasteiger partial charge in [-0.25, -0.2) is 0 Å². The van der Waals surface area contributed by atoms with Crippen LogP contribution in [-0.2, 0) is 16.0 Å². The fraction of sp³-hybridized carbons (Fsp3) is 0.682. The lowest BCUT2D eigenvalue weighted by Gasteiger charge is -2.44. The molecule has 0 spiro atoms. The summed E-state index contributed by atoms with van der Waals surface area (Å²) in [6.07, 6.45) is 3.49. The van der Waals surface area contributed by atoms with E-state index < -0.39 is 0 Å². The van der Waals surface area contributed by atoms with Crippen molar-refractivity contribution in [2.45, 2.75) is 45.6 Å². The Morgan fingerprint density at radius 2 is 1.96 bits per heavy atom. The Bertz CT molecular complexity index is 643. The fourth-order valence-electron chi connectivity index (χ4n) is 4.36. The summed E-state index contributed by atoms with van der Waals surface area (Å²) >= 11 is 6.47. The van der Waals surface area contributed by atoms with Crippen molar-refractivity contribution < 1.29 is 9.53 Å². The molecular formula is C22H33ClN2O2. The van der Waals surface area contributed by atoms with E-state index in [2.05, 4.69) is 31.9 Å². The molecule has 3 rings (SSSR count). The predicted molar refractivity (Wildman–Crippen MR) is 110 cm³/mol. The van der Waals surface area contributed by atoms with E-state index in [1.807, 2.05) is 23.1 Å². The molecule has 0 bridgehead atoms. The number of halogens is 1. The summed E-state index contributed by atoms with van der Waals surface area (Å²) in [4.78, 5) is 17.5. The molecule has 0 saturated carbocycles. The highest BCUT2D eigenvalue weighted by Gasteiger charge is 2.41. The number of nitrogens with zero attached hydrogens (tertiary/aromatic N) is 2. The van der Waals surface area contributed by atoms with Crippen LogP contribution in [0.5, 0.6) is 0 Å². The van der Waals surface area contributed by atoms with Crippen molar-refractivity contribution in [2.24, 2.45) is 11.3 Å². The summed E-state index contributed by atoms with van der Waals surface area (Å²) in [5.41, 5.74) is 1.08. The summed E-state index contributed by atoms with van der Waals surface area (Å²) in [6, 6.07) is 8.06. The molecule has 0 radical (unpaired) electrons.